The van der Waals surface area contributed by atoms with E-state index in [1.54, 1.807) is 0 Å². The summed E-state index contributed by atoms with van der Waals surface area (Å²) in [5.41, 5.74) is 14.1. The molecular formula is C7H7N3O4. The number of hydrogen-bond donors (Lipinski definition) is 3. The first-order valence-electron chi connectivity index (χ1n) is 3.46. The SMILES string of the molecule is NC(=O)c1coc(C(N)=O)c1C(N)=O. The Labute approximate surface area is 77.8 Å². The number of furan rings is 1. The summed E-state index contributed by atoms with van der Waals surface area (Å²) in [6, 6.07) is 0. The lowest BCUT2D eigenvalue weighted by atomic mass is 10.1. The molecule has 0 unspecified atom stereocenters. The van der Waals surface area contributed by atoms with Crippen LogP contribution < -0.4 is 17.2 Å². The topological polar surface area (TPSA) is 142 Å². The maximum atomic E-state index is 10.9. The van der Waals surface area contributed by atoms with Crippen molar-refractivity contribution in [1.82, 2.24) is 0 Å². The Morgan fingerprint density at radius 3 is 1.93 bits per heavy atom. The molecule has 1 aromatic rings. The second kappa shape index (κ2) is 3.21. The van der Waals surface area contributed by atoms with E-state index in [0.717, 1.165) is 6.26 Å². The fourth-order valence-corrected chi connectivity index (χ4v) is 0.965. The Hall–Kier alpha value is -2.31. The highest BCUT2D eigenvalue weighted by Crippen LogP contribution is 2.15. The second-order valence-corrected chi connectivity index (χ2v) is 2.45. The molecule has 74 valence electrons. The van der Waals surface area contributed by atoms with Crippen LogP contribution in [0.4, 0.5) is 0 Å². The first kappa shape index (κ1) is 9.78. The molecule has 0 fully saturated rings. The van der Waals surface area contributed by atoms with Gasteiger partial charge in [-0.05, 0) is 0 Å². The van der Waals surface area contributed by atoms with Crippen molar-refractivity contribution in [2.75, 3.05) is 0 Å². The molecule has 6 N–H and O–H groups in total. The zero-order chi connectivity index (χ0) is 10.9. The molecule has 3 amide bonds. The first-order chi connectivity index (χ1) is 6.45. The molecule has 1 heterocycles. The minimum absolute atomic E-state index is 0.258. The third-order valence-corrected chi connectivity index (χ3v) is 1.53. The van der Waals surface area contributed by atoms with Crippen molar-refractivity contribution < 1.29 is 18.8 Å². The van der Waals surface area contributed by atoms with Crippen molar-refractivity contribution in [1.29, 1.82) is 0 Å². The van der Waals surface area contributed by atoms with Gasteiger partial charge in [-0.1, -0.05) is 0 Å². The molecule has 0 radical (unpaired) electrons. The van der Waals surface area contributed by atoms with E-state index in [1.807, 2.05) is 0 Å². The van der Waals surface area contributed by atoms with Gasteiger partial charge in [0.05, 0.1) is 5.56 Å². The molecule has 0 spiro atoms. The minimum Gasteiger partial charge on any atom is -0.457 e. The number of carbonyl (C=O) groups is 3. The largest absolute Gasteiger partial charge is 0.457 e. The predicted molar refractivity (Wildman–Crippen MR) is 44.3 cm³/mol. The van der Waals surface area contributed by atoms with Crippen molar-refractivity contribution in [3.05, 3.63) is 23.2 Å². The van der Waals surface area contributed by atoms with Crippen LogP contribution in [0.1, 0.15) is 31.3 Å². The Bertz CT molecular complexity index is 389. The highest BCUT2D eigenvalue weighted by molar-refractivity contribution is 6.12. The molecule has 1 aromatic heterocycles. The maximum absolute atomic E-state index is 10.9. The lowest BCUT2D eigenvalue weighted by Gasteiger charge is -1.95. The van der Waals surface area contributed by atoms with E-state index in [4.69, 9.17) is 17.2 Å². The van der Waals surface area contributed by atoms with Gasteiger partial charge >= 0.3 is 0 Å². The van der Waals surface area contributed by atoms with Crippen LogP contribution in [0.5, 0.6) is 0 Å². The summed E-state index contributed by atoms with van der Waals surface area (Å²) in [5, 5.41) is 0. The van der Waals surface area contributed by atoms with Crippen LogP contribution in [0.3, 0.4) is 0 Å². The normalized spacial score (nSPS) is 9.71. The minimum atomic E-state index is -0.999. The standard InChI is InChI=1S/C7H7N3O4/c8-5(11)2-1-14-4(7(10)13)3(2)6(9)12/h1H,(H2,8,11)(H2,9,12)(H2,10,13). The van der Waals surface area contributed by atoms with E-state index < -0.39 is 23.5 Å². The summed E-state index contributed by atoms with van der Waals surface area (Å²) in [7, 11) is 0. The molecule has 1 rings (SSSR count). The van der Waals surface area contributed by atoms with E-state index in [2.05, 4.69) is 4.42 Å². The van der Waals surface area contributed by atoms with Crippen LogP contribution in [0.2, 0.25) is 0 Å². The van der Waals surface area contributed by atoms with Crippen LogP contribution in [-0.4, -0.2) is 17.7 Å². The highest BCUT2D eigenvalue weighted by Gasteiger charge is 2.24. The van der Waals surface area contributed by atoms with Gasteiger partial charge in [0.25, 0.3) is 17.7 Å². The molecule has 0 aliphatic rings. The van der Waals surface area contributed by atoms with Gasteiger partial charge in [0.2, 0.25) is 5.76 Å². The van der Waals surface area contributed by atoms with Crippen molar-refractivity contribution in [3.63, 3.8) is 0 Å². The quantitative estimate of drug-likeness (QED) is 0.546. The molecule has 0 bridgehead atoms. The molecule has 0 saturated heterocycles. The van der Waals surface area contributed by atoms with Crippen LogP contribution in [-0.2, 0) is 0 Å². The smallest absolute Gasteiger partial charge is 0.285 e. The first-order valence-corrected chi connectivity index (χ1v) is 3.46. The fraction of sp³-hybridized carbons (Fsp3) is 0. The van der Waals surface area contributed by atoms with Crippen molar-refractivity contribution in [3.8, 4) is 0 Å². The lowest BCUT2D eigenvalue weighted by molar-refractivity contribution is 0.0944. The lowest BCUT2D eigenvalue weighted by Crippen LogP contribution is -2.23. The average molecular weight is 197 g/mol. The number of amides is 3. The van der Waals surface area contributed by atoms with Gasteiger partial charge in [-0.3, -0.25) is 14.4 Å². The summed E-state index contributed by atoms with van der Waals surface area (Å²) >= 11 is 0. The molecule has 14 heavy (non-hydrogen) atoms. The Morgan fingerprint density at radius 1 is 1.00 bits per heavy atom. The van der Waals surface area contributed by atoms with Crippen LogP contribution in [0.25, 0.3) is 0 Å². The molecule has 0 aliphatic carbocycles. The predicted octanol–water partition coefficient (Wildman–Crippen LogP) is -1.42. The highest BCUT2D eigenvalue weighted by atomic mass is 16.3. The van der Waals surface area contributed by atoms with Gasteiger partial charge in [-0.2, -0.15) is 0 Å². The zero-order valence-corrected chi connectivity index (χ0v) is 6.94. The van der Waals surface area contributed by atoms with Crippen molar-refractivity contribution in [2.24, 2.45) is 17.2 Å². The van der Waals surface area contributed by atoms with Crippen LogP contribution >= 0.6 is 0 Å². The monoisotopic (exact) mass is 197 g/mol. The summed E-state index contributed by atoms with van der Waals surface area (Å²) < 4.78 is 4.60. The summed E-state index contributed by atoms with van der Waals surface area (Å²) in [6.07, 6.45) is 0.864. The van der Waals surface area contributed by atoms with Gasteiger partial charge < -0.3 is 21.6 Å². The molecule has 0 aliphatic heterocycles. The molecular weight excluding hydrogens is 190 g/mol. The van der Waals surface area contributed by atoms with E-state index in [-0.39, 0.29) is 11.1 Å². The van der Waals surface area contributed by atoms with Crippen LogP contribution in [0.15, 0.2) is 10.7 Å². The summed E-state index contributed by atoms with van der Waals surface area (Å²) in [5.74, 6) is -3.38. The van der Waals surface area contributed by atoms with E-state index >= 15 is 0 Å². The Morgan fingerprint density at radius 2 is 1.57 bits per heavy atom. The number of hydrogen-bond acceptors (Lipinski definition) is 4. The number of nitrogens with two attached hydrogens (primary N) is 3. The third kappa shape index (κ3) is 1.42. The molecule has 0 saturated carbocycles. The summed E-state index contributed by atoms with van der Waals surface area (Å²) in [4.78, 5) is 32.4. The van der Waals surface area contributed by atoms with Gasteiger partial charge in [0.1, 0.15) is 11.8 Å². The van der Waals surface area contributed by atoms with Crippen LogP contribution in [0, 0.1) is 0 Å². The number of primary amides is 3. The van der Waals surface area contributed by atoms with E-state index in [0.29, 0.717) is 0 Å². The fourth-order valence-electron chi connectivity index (χ4n) is 0.965. The maximum Gasteiger partial charge on any atom is 0.285 e. The molecule has 0 aromatic carbocycles. The number of carbonyl (C=O) groups excluding carboxylic acids is 3. The number of rotatable bonds is 3. The van der Waals surface area contributed by atoms with Gasteiger partial charge in [0, 0.05) is 0 Å². The third-order valence-electron chi connectivity index (χ3n) is 1.53. The molecule has 7 heteroatoms. The van der Waals surface area contributed by atoms with E-state index in [1.165, 1.54) is 0 Å². The Balaban J connectivity index is 3.42. The average Bonchev–Trinajstić information content (AvgIpc) is 2.46. The Kier molecular flexibility index (Phi) is 2.24. The van der Waals surface area contributed by atoms with E-state index in [9.17, 15) is 14.4 Å². The summed E-state index contributed by atoms with van der Waals surface area (Å²) in [6.45, 7) is 0. The zero-order valence-electron chi connectivity index (χ0n) is 6.94. The van der Waals surface area contributed by atoms with Crippen molar-refractivity contribution >= 4 is 17.7 Å². The molecule has 0 atom stereocenters. The molecule has 7 nitrogen and oxygen atoms in total. The van der Waals surface area contributed by atoms with Crippen molar-refractivity contribution in [2.45, 2.75) is 0 Å². The van der Waals surface area contributed by atoms with Gasteiger partial charge in [-0.25, -0.2) is 0 Å². The van der Waals surface area contributed by atoms with Gasteiger partial charge in [-0.15, -0.1) is 0 Å². The van der Waals surface area contributed by atoms with Gasteiger partial charge in [0.15, 0.2) is 0 Å². The second-order valence-electron chi connectivity index (χ2n) is 2.45.